The van der Waals surface area contributed by atoms with Crippen molar-refractivity contribution in [2.75, 3.05) is 24.4 Å². The molecule has 0 atom stereocenters. The monoisotopic (exact) mass is 586 g/mol. The molecular weight excluding hydrogens is 555 g/mol. The number of hydrogen-bond donors (Lipinski definition) is 1. The van der Waals surface area contributed by atoms with Gasteiger partial charge in [0, 0.05) is 36.2 Å². The number of carbonyl (C=O) groups is 2. The number of amides is 1. The minimum Gasteiger partial charge on any atom is -0.496 e. The average Bonchev–Trinajstić information content (AvgIpc) is 2.96. The molecule has 0 unspecified atom stereocenters. The summed E-state index contributed by atoms with van der Waals surface area (Å²) in [6, 6.07) is 20.9. The minimum absolute atomic E-state index is 0.0679. The molecular formula is C34H32ClFN2O4. The first kappa shape index (κ1) is 29.1. The predicted molar refractivity (Wildman–Crippen MR) is 164 cm³/mol. The lowest BCUT2D eigenvalue weighted by Crippen LogP contribution is -2.52. The van der Waals surface area contributed by atoms with Gasteiger partial charge in [-0.15, -0.1) is 0 Å². The first-order valence-electron chi connectivity index (χ1n) is 13.6. The van der Waals surface area contributed by atoms with Crippen molar-refractivity contribution < 1.29 is 23.5 Å². The first-order valence-corrected chi connectivity index (χ1v) is 13.9. The third kappa shape index (κ3) is 5.57. The number of rotatable bonds is 8. The molecule has 0 fully saturated rings. The number of carbonyl (C=O) groups excluding carboxylic acids is 2. The van der Waals surface area contributed by atoms with Gasteiger partial charge >= 0.3 is 0 Å². The highest BCUT2D eigenvalue weighted by atomic mass is 35.5. The van der Waals surface area contributed by atoms with Gasteiger partial charge < -0.3 is 19.7 Å². The van der Waals surface area contributed by atoms with E-state index in [1.807, 2.05) is 51.1 Å². The van der Waals surface area contributed by atoms with Crippen LogP contribution in [0, 0.1) is 12.7 Å². The lowest BCUT2D eigenvalue weighted by atomic mass is 9.91. The average molecular weight is 587 g/mol. The second-order valence-corrected chi connectivity index (χ2v) is 11.3. The maximum absolute atomic E-state index is 14.1. The summed E-state index contributed by atoms with van der Waals surface area (Å²) >= 11 is 6.25. The van der Waals surface area contributed by atoms with E-state index in [0.717, 1.165) is 33.5 Å². The number of ether oxygens (including phenoxy) is 2. The number of nitrogens with zero attached hydrogens (tertiary/aromatic N) is 1. The Hall–Kier alpha value is -4.36. The van der Waals surface area contributed by atoms with E-state index in [-0.39, 0.29) is 24.7 Å². The van der Waals surface area contributed by atoms with Crippen LogP contribution in [0.4, 0.5) is 15.8 Å². The van der Waals surface area contributed by atoms with Crippen molar-refractivity contribution in [1.29, 1.82) is 0 Å². The van der Waals surface area contributed by atoms with Crippen LogP contribution in [0.5, 0.6) is 11.5 Å². The van der Waals surface area contributed by atoms with Crippen molar-refractivity contribution in [3.05, 3.63) is 106 Å². The van der Waals surface area contributed by atoms with Crippen molar-refractivity contribution in [2.24, 2.45) is 0 Å². The molecule has 5 rings (SSSR count). The molecule has 0 aliphatic carbocycles. The van der Waals surface area contributed by atoms with Crippen molar-refractivity contribution in [1.82, 2.24) is 0 Å². The molecule has 8 heteroatoms. The first-order chi connectivity index (χ1) is 20.0. The van der Waals surface area contributed by atoms with Crippen LogP contribution >= 0.6 is 11.6 Å². The zero-order valence-corrected chi connectivity index (χ0v) is 24.9. The van der Waals surface area contributed by atoms with Gasteiger partial charge in [0.25, 0.3) is 5.91 Å². The minimum atomic E-state index is -0.798. The summed E-state index contributed by atoms with van der Waals surface area (Å²) in [6.07, 6.45) is 0.148. The lowest BCUT2D eigenvalue weighted by molar-refractivity contribution is -0.121. The molecule has 1 aliphatic rings. The number of anilines is 2. The fourth-order valence-electron chi connectivity index (χ4n) is 5.35. The topological polar surface area (TPSA) is 67.9 Å². The van der Waals surface area contributed by atoms with Crippen molar-refractivity contribution in [2.45, 2.75) is 39.3 Å². The van der Waals surface area contributed by atoms with Gasteiger partial charge in [-0.1, -0.05) is 48.0 Å². The van der Waals surface area contributed by atoms with E-state index in [0.29, 0.717) is 27.8 Å². The Bertz CT molecular complexity index is 1700. The summed E-state index contributed by atoms with van der Waals surface area (Å²) < 4.78 is 26.0. The summed E-state index contributed by atoms with van der Waals surface area (Å²) in [5, 5.41) is 3.76. The Morgan fingerprint density at radius 2 is 1.74 bits per heavy atom. The number of Topliss-reactive ketones (excluding diaryl/α,β-unsaturated/α-hetero) is 1. The molecule has 1 heterocycles. The molecule has 0 saturated heterocycles. The van der Waals surface area contributed by atoms with Crippen molar-refractivity contribution >= 4 is 34.7 Å². The molecule has 1 N–H and O–H groups in total. The molecule has 6 nitrogen and oxygen atoms in total. The summed E-state index contributed by atoms with van der Waals surface area (Å²) in [5.74, 6) is 0.371. The van der Waals surface area contributed by atoms with E-state index in [2.05, 4.69) is 5.32 Å². The van der Waals surface area contributed by atoms with Crippen LogP contribution < -0.4 is 19.7 Å². The van der Waals surface area contributed by atoms with Crippen LogP contribution in [-0.2, 0) is 17.8 Å². The van der Waals surface area contributed by atoms with E-state index >= 15 is 0 Å². The summed E-state index contributed by atoms with van der Waals surface area (Å²) in [5.41, 5.74) is 4.94. The Balaban J connectivity index is 1.58. The van der Waals surface area contributed by atoms with Crippen LogP contribution in [-0.4, -0.2) is 31.4 Å². The molecule has 4 aromatic rings. The molecule has 0 saturated carbocycles. The van der Waals surface area contributed by atoms with Gasteiger partial charge in [-0.05, 0) is 67.8 Å². The molecule has 0 aromatic heterocycles. The molecule has 0 bridgehead atoms. The van der Waals surface area contributed by atoms with Gasteiger partial charge in [-0.3, -0.25) is 9.59 Å². The number of aryl methyl sites for hydroxylation is 1. The Morgan fingerprint density at radius 1 is 1.00 bits per heavy atom. The molecule has 216 valence electrons. The van der Waals surface area contributed by atoms with Gasteiger partial charge in [0.2, 0.25) is 0 Å². The molecule has 4 aromatic carbocycles. The fraction of sp³-hybridized carbons (Fsp3) is 0.235. The number of fused-ring (bicyclic) bond motifs is 1. The van der Waals surface area contributed by atoms with Gasteiger partial charge in [0.05, 0.1) is 23.5 Å². The van der Waals surface area contributed by atoms with Crippen LogP contribution in [0.2, 0.25) is 5.02 Å². The maximum Gasteiger partial charge on any atom is 0.251 e. The third-order valence-corrected chi connectivity index (χ3v) is 7.85. The van der Waals surface area contributed by atoms with Gasteiger partial charge in [-0.2, -0.15) is 0 Å². The number of ketones is 1. The Labute approximate surface area is 250 Å². The smallest absolute Gasteiger partial charge is 0.251 e. The second-order valence-electron chi connectivity index (χ2n) is 10.9. The number of nitrogens with one attached hydrogen (secondary N) is 1. The highest BCUT2D eigenvalue weighted by Crippen LogP contribution is 2.44. The standard InChI is InChI=1S/C34H32ClFN2O4/c1-20-10-12-22(36)18-30(20)42-19-26-23(14-15-28-32(26)38(4)33(40)34(2,3)37-28)24-13-11-21(17-31(24)41-5)16-29(39)25-8-6-7-9-27(25)35/h6-15,17-18,37H,16,19H2,1-5H3. The fourth-order valence-corrected chi connectivity index (χ4v) is 5.59. The maximum atomic E-state index is 14.1. The molecule has 0 radical (unpaired) electrons. The number of halogens is 2. The molecule has 1 amide bonds. The summed E-state index contributed by atoms with van der Waals surface area (Å²) in [6.45, 7) is 5.58. The molecule has 0 spiro atoms. The van der Waals surface area contributed by atoms with E-state index in [1.54, 1.807) is 49.4 Å². The van der Waals surface area contributed by atoms with Crippen molar-refractivity contribution in [3.8, 4) is 22.6 Å². The van der Waals surface area contributed by atoms with Gasteiger partial charge in [0.1, 0.15) is 29.5 Å². The number of methoxy groups -OCH3 is 1. The lowest BCUT2D eigenvalue weighted by Gasteiger charge is -2.39. The summed E-state index contributed by atoms with van der Waals surface area (Å²) in [4.78, 5) is 27.9. The van der Waals surface area contributed by atoms with Crippen LogP contribution in [0.15, 0.2) is 72.8 Å². The van der Waals surface area contributed by atoms with Crippen LogP contribution in [0.3, 0.4) is 0 Å². The number of benzene rings is 4. The normalized spacial score (nSPS) is 13.8. The largest absolute Gasteiger partial charge is 0.496 e. The zero-order valence-electron chi connectivity index (χ0n) is 24.2. The highest BCUT2D eigenvalue weighted by Gasteiger charge is 2.38. The predicted octanol–water partition coefficient (Wildman–Crippen LogP) is 7.63. The van der Waals surface area contributed by atoms with E-state index in [4.69, 9.17) is 21.1 Å². The number of likely N-dealkylation sites (N-methyl/N-ethyl adjacent to an activating group) is 1. The number of hydrogen-bond acceptors (Lipinski definition) is 5. The van der Waals surface area contributed by atoms with Crippen LogP contribution in [0.25, 0.3) is 11.1 Å². The van der Waals surface area contributed by atoms with E-state index in [9.17, 15) is 14.0 Å². The highest BCUT2D eigenvalue weighted by molar-refractivity contribution is 6.34. The van der Waals surface area contributed by atoms with Gasteiger partial charge in [0.15, 0.2) is 5.78 Å². The third-order valence-electron chi connectivity index (χ3n) is 7.52. The molecule has 42 heavy (non-hydrogen) atoms. The SMILES string of the molecule is COc1cc(CC(=O)c2ccccc2Cl)ccc1-c1ccc2c(c1COc1cc(F)ccc1C)N(C)C(=O)C(C)(C)N2. The zero-order chi connectivity index (χ0) is 30.2. The second kappa shape index (κ2) is 11.5. The van der Waals surface area contributed by atoms with E-state index < -0.39 is 11.4 Å². The Morgan fingerprint density at radius 3 is 2.48 bits per heavy atom. The van der Waals surface area contributed by atoms with E-state index in [1.165, 1.54) is 12.1 Å². The molecule has 1 aliphatic heterocycles. The summed E-state index contributed by atoms with van der Waals surface area (Å²) in [7, 11) is 3.31. The van der Waals surface area contributed by atoms with Gasteiger partial charge in [-0.25, -0.2) is 4.39 Å². The van der Waals surface area contributed by atoms with Crippen LogP contribution in [0.1, 0.15) is 40.9 Å². The Kier molecular flexibility index (Phi) is 7.97. The van der Waals surface area contributed by atoms with Crippen molar-refractivity contribution in [3.63, 3.8) is 0 Å². The quantitative estimate of drug-likeness (QED) is 0.215.